The van der Waals surface area contributed by atoms with Gasteiger partial charge in [-0.3, -0.25) is 4.99 Å². The summed E-state index contributed by atoms with van der Waals surface area (Å²) in [4.78, 5) is 11.7. The van der Waals surface area contributed by atoms with E-state index in [9.17, 15) is 0 Å². The molecule has 1 aromatic carbocycles. The normalized spacial score (nSPS) is 15.3. The summed E-state index contributed by atoms with van der Waals surface area (Å²) in [5.41, 5.74) is 0.924. The van der Waals surface area contributed by atoms with E-state index in [1.807, 2.05) is 36.4 Å². The summed E-state index contributed by atoms with van der Waals surface area (Å²) in [7, 11) is 0. The van der Waals surface area contributed by atoms with Crippen molar-refractivity contribution in [1.82, 2.24) is 9.88 Å². The molecule has 0 spiro atoms. The molecule has 0 aliphatic carbocycles. The van der Waals surface area contributed by atoms with Crippen molar-refractivity contribution >= 4 is 5.84 Å². The summed E-state index contributed by atoms with van der Waals surface area (Å²) in [6.45, 7) is 7.60. The Morgan fingerprint density at radius 1 is 0.926 bits per heavy atom. The first-order chi connectivity index (χ1) is 13.3. The molecular formula is C22H29N3O2. The van der Waals surface area contributed by atoms with E-state index >= 15 is 0 Å². The number of aliphatic imine (C=N–C) groups is 1. The summed E-state index contributed by atoms with van der Waals surface area (Å²) in [5.74, 6) is 2.97. The van der Waals surface area contributed by atoms with Gasteiger partial charge in [-0.2, -0.15) is 0 Å². The molecule has 0 bridgehead atoms. The molecule has 1 aliphatic rings. The molecule has 144 valence electrons. The Hall–Kier alpha value is -2.56. The van der Waals surface area contributed by atoms with E-state index in [-0.39, 0.29) is 0 Å². The minimum absolute atomic E-state index is 0.566. The van der Waals surface area contributed by atoms with Gasteiger partial charge in [0.1, 0.15) is 5.84 Å². The maximum Gasteiger partial charge on any atom is 0.230 e. The van der Waals surface area contributed by atoms with E-state index in [2.05, 4.69) is 23.7 Å². The van der Waals surface area contributed by atoms with Gasteiger partial charge in [0.25, 0.3) is 0 Å². The van der Waals surface area contributed by atoms with Crippen molar-refractivity contribution in [1.29, 1.82) is 0 Å². The molecule has 0 N–H and O–H groups in total. The maximum atomic E-state index is 6.21. The number of nitrogens with zero attached hydrogens (tertiary/aromatic N) is 3. The molecule has 0 fully saturated rings. The van der Waals surface area contributed by atoms with Crippen molar-refractivity contribution in [3.8, 4) is 17.4 Å². The fourth-order valence-electron chi connectivity index (χ4n) is 3.21. The predicted octanol–water partition coefficient (Wildman–Crippen LogP) is 4.92. The van der Waals surface area contributed by atoms with E-state index < -0.39 is 0 Å². The van der Waals surface area contributed by atoms with Gasteiger partial charge in [-0.1, -0.05) is 18.6 Å². The van der Waals surface area contributed by atoms with Gasteiger partial charge in [-0.15, -0.1) is 0 Å². The fourth-order valence-corrected chi connectivity index (χ4v) is 3.21. The van der Waals surface area contributed by atoms with Gasteiger partial charge in [-0.05, 0) is 57.4 Å². The van der Waals surface area contributed by atoms with Crippen molar-refractivity contribution in [2.45, 2.75) is 39.5 Å². The molecule has 5 heteroatoms. The van der Waals surface area contributed by atoms with Crippen LogP contribution in [0.5, 0.6) is 17.4 Å². The molecule has 27 heavy (non-hydrogen) atoms. The zero-order chi connectivity index (χ0) is 18.9. The standard InChI is InChI=1S/C22H29N3O2/c1-3-25(4-2)21-18-12-11-16-24-22(18)27-20-14-8-7-13-19(20)26-17-10-6-5-9-15-23-21/h7-8,11-14,16H,3-6,9-10,15,17H2,1-2H3. The topological polar surface area (TPSA) is 47.0 Å². The van der Waals surface area contributed by atoms with Crippen LogP contribution in [0.15, 0.2) is 47.6 Å². The maximum absolute atomic E-state index is 6.21. The van der Waals surface area contributed by atoms with Crippen LogP contribution in [0.25, 0.3) is 0 Å². The summed E-state index contributed by atoms with van der Waals surface area (Å²) in [6.07, 6.45) is 6.19. The first kappa shape index (κ1) is 19.2. The van der Waals surface area contributed by atoms with Crippen LogP contribution in [-0.4, -0.2) is 42.0 Å². The van der Waals surface area contributed by atoms with E-state index in [1.54, 1.807) is 6.20 Å². The lowest BCUT2D eigenvalue weighted by Crippen LogP contribution is -2.32. The van der Waals surface area contributed by atoms with Crippen molar-refractivity contribution in [3.63, 3.8) is 0 Å². The van der Waals surface area contributed by atoms with E-state index in [0.717, 1.165) is 62.5 Å². The van der Waals surface area contributed by atoms with Crippen LogP contribution in [0, 0.1) is 0 Å². The highest BCUT2D eigenvalue weighted by Gasteiger charge is 2.18. The molecule has 0 saturated heterocycles. The number of para-hydroxylation sites is 2. The molecule has 1 aromatic heterocycles. The second-order valence-corrected chi connectivity index (χ2v) is 6.55. The lowest BCUT2D eigenvalue weighted by Gasteiger charge is -2.24. The van der Waals surface area contributed by atoms with Crippen molar-refractivity contribution in [2.75, 3.05) is 26.2 Å². The summed E-state index contributed by atoms with van der Waals surface area (Å²) < 4.78 is 12.2. The number of hydrogen-bond acceptors (Lipinski definition) is 5. The zero-order valence-electron chi connectivity index (χ0n) is 16.4. The Morgan fingerprint density at radius 2 is 1.70 bits per heavy atom. The number of benzene rings is 1. The van der Waals surface area contributed by atoms with Crippen molar-refractivity contribution < 1.29 is 9.47 Å². The number of amidine groups is 1. The quantitative estimate of drug-likeness (QED) is 0.756. The molecule has 2 heterocycles. The zero-order valence-corrected chi connectivity index (χ0v) is 16.4. The minimum Gasteiger partial charge on any atom is -0.490 e. The predicted molar refractivity (Wildman–Crippen MR) is 109 cm³/mol. The minimum atomic E-state index is 0.566. The number of hydrogen-bond donors (Lipinski definition) is 0. The molecule has 0 saturated carbocycles. The lowest BCUT2D eigenvalue weighted by atomic mass is 10.2. The van der Waals surface area contributed by atoms with Crippen molar-refractivity contribution in [3.05, 3.63) is 48.2 Å². The average Bonchev–Trinajstić information content (AvgIpc) is 2.70. The van der Waals surface area contributed by atoms with Gasteiger partial charge in [0.05, 0.1) is 12.2 Å². The first-order valence-electron chi connectivity index (χ1n) is 9.98. The third-order valence-electron chi connectivity index (χ3n) is 4.70. The second kappa shape index (κ2) is 9.95. The van der Waals surface area contributed by atoms with Crippen molar-refractivity contribution in [2.24, 2.45) is 4.99 Å². The number of aromatic nitrogens is 1. The SMILES string of the molecule is CCN(CC)C1=NCCCCCCOc2ccccc2Oc2ncccc21. The Morgan fingerprint density at radius 3 is 2.52 bits per heavy atom. The van der Waals surface area contributed by atoms with Gasteiger partial charge in [0.2, 0.25) is 5.88 Å². The van der Waals surface area contributed by atoms with Crippen LogP contribution >= 0.6 is 0 Å². The van der Waals surface area contributed by atoms with Gasteiger partial charge < -0.3 is 14.4 Å². The summed E-state index contributed by atoms with van der Waals surface area (Å²) in [5, 5.41) is 0. The average molecular weight is 367 g/mol. The smallest absolute Gasteiger partial charge is 0.230 e. The molecule has 0 atom stereocenters. The molecule has 3 rings (SSSR count). The van der Waals surface area contributed by atoms with Crippen LogP contribution in [-0.2, 0) is 0 Å². The van der Waals surface area contributed by atoms with E-state index in [0.29, 0.717) is 18.2 Å². The Balaban J connectivity index is 2.03. The third kappa shape index (κ3) is 5.00. The number of fused-ring (bicyclic) bond motifs is 2. The Labute approximate surface area is 162 Å². The fraction of sp³-hybridized carbons (Fsp3) is 0.455. The number of pyridine rings is 1. The molecule has 0 radical (unpaired) electrons. The van der Waals surface area contributed by atoms with Gasteiger partial charge >= 0.3 is 0 Å². The molecule has 0 amide bonds. The Kier molecular flexibility index (Phi) is 7.08. The number of ether oxygens (including phenoxy) is 2. The molecule has 2 aromatic rings. The van der Waals surface area contributed by atoms with E-state index in [4.69, 9.17) is 14.5 Å². The largest absolute Gasteiger partial charge is 0.490 e. The highest BCUT2D eigenvalue weighted by atomic mass is 16.5. The second-order valence-electron chi connectivity index (χ2n) is 6.55. The van der Waals surface area contributed by atoms with Gasteiger partial charge in [0.15, 0.2) is 11.5 Å². The Bertz CT molecular complexity index is 757. The van der Waals surface area contributed by atoms with Crippen LogP contribution in [0.3, 0.4) is 0 Å². The van der Waals surface area contributed by atoms with Crippen LogP contribution < -0.4 is 9.47 Å². The summed E-state index contributed by atoms with van der Waals surface area (Å²) in [6, 6.07) is 11.8. The van der Waals surface area contributed by atoms with Crippen LogP contribution in [0.2, 0.25) is 0 Å². The van der Waals surface area contributed by atoms with Crippen LogP contribution in [0.1, 0.15) is 45.1 Å². The van der Waals surface area contributed by atoms with Gasteiger partial charge in [-0.25, -0.2) is 4.98 Å². The van der Waals surface area contributed by atoms with Crippen LogP contribution in [0.4, 0.5) is 0 Å². The summed E-state index contributed by atoms with van der Waals surface area (Å²) >= 11 is 0. The molecule has 0 unspecified atom stereocenters. The van der Waals surface area contributed by atoms with Gasteiger partial charge in [0, 0.05) is 25.8 Å². The molecule has 1 aliphatic heterocycles. The molecular weight excluding hydrogens is 338 g/mol. The number of rotatable bonds is 2. The molecule has 5 nitrogen and oxygen atoms in total. The highest BCUT2D eigenvalue weighted by Crippen LogP contribution is 2.32. The monoisotopic (exact) mass is 367 g/mol. The lowest BCUT2D eigenvalue weighted by molar-refractivity contribution is 0.290. The highest BCUT2D eigenvalue weighted by molar-refractivity contribution is 6.00. The first-order valence-corrected chi connectivity index (χ1v) is 9.98. The van der Waals surface area contributed by atoms with E-state index in [1.165, 1.54) is 0 Å². The third-order valence-corrected chi connectivity index (χ3v) is 4.70.